The van der Waals surface area contributed by atoms with Gasteiger partial charge in [0, 0.05) is 22.6 Å². The summed E-state index contributed by atoms with van der Waals surface area (Å²) in [5, 5.41) is 7.64. The molecule has 0 amide bonds. The molecule has 1 aliphatic rings. The number of hydrogen-bond acceptors (Lipinski definition) is 1. The fourth-order valence-electron chi connectivity index (χ4n) is 6.01. The molecule has 1 heterocycles. The van der Waals surface area contributed by atoms with E-state index in [1.165, 1.54) is 65.7 Å². The first-order chi connectivity index (χ1) is 16.5. The van der Waals surface area contributed by atoms with Gasteiger partial charge in [0.2, 0.25) is 0 Å². The molecule has 0 bridgehead atoms. The maximum Gasteiger partial charge on any atom is 0.0780 e. The average molecular weight is 436 g/mol. The van der Waals surface area contributed by atoms with Crippen molar-refractivity contribution >= 4 is 32.3 Å². The highest BCUT2D eigenvalue weighted by Crippen LogP contribution is 2.49. The number of rotatable bonds is 1. The quantitative estimate of drug-likeness (QED) is 0.235. The van der Waals surface area contributed by atoms with Gasteiger partial charge < -0.3 is 0 Å². The number of hydrogen-bond donors (Lipinski definition) is 0. The van der Waals surface area contributed by atoms with Crippen LogP contribution in [0.15, 0.2) is 97.2 Å². The van der Waals surface area contributed by atoms with Gasteiger partial charge in [-0.25, -0.2) is 0 Å². The molecule has 1 nitrogen and oxygen atoms in total. The topological polar surface area (TPSA) is 12.9 Å². The van der Waals surface area contributed by atoms with E-state index in [0.717, 1.165) is 5.69 Å². The SMILES string of the molecule is Cc1ccc2c(ccc3c4ccnc(-c5ccc6c(c5)C(C)(C)c5ccccc5-6)c4ccc23)c1. The van der Waals surface area contributed by atoms with Gasteiger partial charge in [0.25, 0.3) is 0 Å². The van der Waals surface area contributed by atoms with Gasteiger partial charge in [0.1, 0.15) is 0 Å². The zero-order chi connectivity index (χ0) is 23.0. The highest BCUT2D eigenvalue weighted by Gasteiger charge is 2.35. The zero-order valence-electron chi connectivity index (χ0n) is 19.7. The fraction of sp³-hybridized carbons (Fsp3) is 0.121. The minimum absolute atomic E-state index is 0.0176. The summed E-state index contributed by atoms with van der Waals surface area (Å²) in [5.74, 6) is 0. The molecule has 0 aliphatic heterocycles. The van der Waals surface area contributed by atoms with Crippen molar-refractivity contribution in [3.8, 4) is 22.4 Å². The smallest absolute Gasteiger partial charge is 0.0780 e. The molecule has 0 saturated carbocycles. The van der Waals surface area contributed by atoms with E-state index >= 15 is 0 Å². The van der Waals surface area contributed by atoms with E-state index in [-0.39, 0.29) is 5.41 Å². The van der Waals surface area contributed by atoms with E-state index in [4.69, 9.17) is 4.98 Å². The summed E-state index contributed by atoms with van der Waals surface area (Å²) in [6.45, 7) is 6.81. The second-order valence-corrected chi connectivity index (χ2v) is 10.1. The predicted octanol–water partition coefficient (Wildman–Crippen LogP) is 8.82. The average Bonchev–Trinajstić information content (AvgIpc) is 3.09. The Labute approximate surface area is 199 Å². The molecule has 7 rings (SSSR count). The van der Waals surface area contributed by atoms with Crippen LogP contribution >= 0.6 is 0 Å². The van der Waals surface area contributed by atoms with E-state index < -0.39 is 0 Å². The van der Waals surface area contributed by atoms with Crippen LogP contribution in [0.5, 0.6) is 0 Å². The summed E-state index contributed by atoms with van der Waals surface area (Å²) in [6, 6.07) is 33.6. The fourth-order valence-corrected chi connectivity index (χ4v) is 6.01. The van der Waals surface area contributed by atoms with Crippen molar-refractivity contribution < 1.29 is 0 Å². The van der Waals surface area contributed by atoms with Gasteiger partial charge in [-0.3, -0.25) is 4.98 Å². The van der Waals surface area contributed by atoms with Crippen LogP contribution in [0.2, 0.25) is 0 Å². The number of aryl methyl sites for hydroxylation is 1. The molecule has 1 aliphatic carbocycles. The van der Waals surface area contributed by atoms with Crippen LogP contribution in [0.4, 0.5) is 0 Å². The molecule has 0 atom stereocenters. The van der Waals surface area contributed by atoms with E-state index in [9.17, 15) is 0 Å². The van der Waals surface area contributed by atoms with Crippen molar-refractivity contribution in [3.63, 3.8) is 0 Å². The summed E-state index contributed by atoms with van der Waals surface area (Å²) in [5.41, 5.74) is 8.99. The van der Waals surface area contributed by atoms with Gasteiger partial charge >= 0.3 is 0 Å². The van der Waals surface area contributed by atoms with E-state index in [2.05, 4.69) is 112 Å². The minimum atomic E-state index is -0.0176. The standard InChI is InChI=1S/C33H25N/c1-20-8-11-23-21(18-20)9-12-25-24(23)14-15-29-26(25)16-17-34-32(29)22-10-13-28-27-6-4-5-7-30(27)33(2,3)31(28)19-22/h4-19H,1-3H3. The second kappa shape index (κ2) is 6.77. The van der Waals surface area contributed by atoms with Crippen LogP contribution in [-0.2, 0) is 5.41 Å². The van der Waals surface area contributed by atoms with Gasteiger partial charge in [0.15, 0.2) is 0 Å². The summed E-state index contributed by atoms with van der Waals surface area (Å²) < 4.78 is 0. The summed E-state index contributed by atoms with van der Waals surface area (Å²) in [6.07, 6.45) is 1.96. The summed E-state index contributed by atoms with van der Waals surface area (Å²) in [7, 11) is 0. The lowest BCUT2D eigenvalue weighted by Crippen LogP contribution is -2.14. The Bertz CT molecular complexity index is 1790. The molecule has 162 valence electrons. The van der Waals surface area contributed by atoms with E-state index in [1.54, 1.807) is 0 Å². The van der Waals surface area contributed by atoms with Crippen molar-refractivity contribution in [1.82, 2.24) is 4.98 Å². The molecule has 34 heavy (non-hydrogen) atoms. The van der Waals surface area contributed by atoms with Crippen LogP contribution in [0.1, 0.15) is 30.5 Å². The third-order valence-corrected chi connectivity index (χ3v) is 7.77. The number of aromatic nitrogens is 1. The molecule has 0 fully saturated rings. The molecule has 6 aromatic rings. The van der Waals surface area contributed by atoms with Crippen molar-refractivity contribution in [1.29, 1.82) is 0 Å². The molecule has 0 spiro atoms. The molecule has 1 heteroatoms. The van der Waals surface area contributed by atoms with Gasteiger partial charge in [-0.15, -0.1) is 0 Å². The normalized spacial score (nSPS) is 14.0. The van der Waals surface area contributed by atoms with Crippen molar-refractivity contribution in [2.75, 3.05) is 0 Å². The summed E-state index contributed by atoms with van der Waals surface area (Å²) >= 11 is 0. The Hall–Kier alpha value is -3.97. The van der Waals surface area contributed by atoms with Gasteiger partial charge in [-0.2, -0.15) is 0 Å². The molecule has 1 aromatic heterocycles. The van der Waals surface area contributed by atoms with Crippen LogP contribution in [0.3, 0.4) is 0 Å². The highest BCUT2D eigenvalue weighted by molar-refractivity contribution is 6.19. The molecular formula is C33H25N. The van der Waals surface area contributed by atoms with Crippen molar-refractivity contribution in [3.05, 3.63) is 114 Å². The van der Waals surface area contributed by atoms with Crippen LogP contribution < -0.4 is 0 Å². The van der Waals surface area contributed by atoms with Crippen LogP contribution in [-0.4, -0.2) is 4.98 Å². The first kappa shape index (κ1) is 19.5. The monoisotopic (exact) mass is 435 g/mol. The number of pyridine rings is 1. The largest absolute Gasteiger partial charge is 0.256 e. The van der Waals surface area contributed by atoms with Gasteiger partial charge in [-0.1, -0.05) is 98.3 Å². The highest BCUT2D eigenvalue weighted by atomic mass is 14.7. The van der Waals surface area contributed by atoms with Crippen LogP contribution in [0.25, 0.3) is 54.7 Å². The molecule has 0 saturated heterocycles. The number of fused-ring (bicyclic) bond motifs is 8. The molecule has 5 aromatic carbocycles. The van der Waals surface area contributed by atoms with Crippen LogP contribution in [0, 0.1) is 6.92 Å². The maximum absolute atomic E-state index is 4.88. The maximum atomic E-state index is 4.88. The molecule has 0 unspecified atom stereocenters. The lowest BCUT2D eigenvalue weighted by atomic mass is 9.81. The van der Waals surface area contributed by atoms with Crippen molar-refractivity contribution in [2.24, 2.45) is 0 Å². The van der Waals surface area contributed by atoms with E-state index in [0.29, 0.717) is 0 Å². The lowest BCUT2D eigenvalue weighted by molar-refractivity contribution is 0.660. The number of nitrogens with zero attached hydrogens (tertiary/aromatic N) is 1. The van der Waals surface area contributed by atoms with Gasteiger partial charge in [-0.05, 0) is 68.2 Å². The predicted molar refractivity (Wildman–Crippen MR) is 144 cm³/mol. The molecule has 0 N–H and O–H groups in total. The number of benzene rings is 5. The lowest BCUT2D eigenvalue weighted by Gasteiger charge is -2.22. The Morgan fingerprint density at radius 3 is 2.21 bits per heavy atom. The second-order valence-electron chi connectivity index (χ2n) is 10.1. The Morgan fingerprint density at radius 2 is 1.29 bits per heavy atom. The first-order valence-corrected chi connectivity index (χ1v) is 12.0. The van der Waals surface area contributed by atoms with Gasteiger partial charge in [0.05, 0.1) is 5.69 Å². The Kier molecular flexibility index (Phi) is 3.88. The summed E-state index contributed by atoms with van der Waals surface area (Å²) in [4.78, 5) is 4.88. The molecule has 0 radical (unpaired) electrons. The third kappa shape index (κ3) is 2.58. The first-order valence-electron chi connectivity index (χ1n) is 12.0. The Balaban J connectivity index is 1.46. The molecular weight excluding hydrogens is 410 g/mol. The minimum Gasteiger partial charge on any atom is -0.256 e. The third-order valence-electron chi connectivity index (χ3n) is 7.77. The Morgan fingerprint density at radius 1 is 0.588 bits per heavy atom. The van der Waals surface area contributed by atoms with E-state index in [1.807, 2.05) is 6.20 Å². The van der Waals surface area contributed by atoms with Crippen molar-refractivity contribution in [2.45, 2.75) is 26.2 Å². The zero-order valence-corrected chi connectivity index (χ0v) is 19.7.